The third kappa shape index (κ3) is 3.92. The molecule has 1 aromatic carbocycles. The van der Waals surface area contributed by atoms with Gasteiger partial charge in [0.1, 0.15) is 11.4 Å². The van der Waals surface area contributed by atoms with Crippen LogP contribution < -0.4 is 10.1 Å². The lowest BCUT2D eigenvalue weighted by Crippen LogP contribution is -2.17. The number of halogens is 3. The summed E-state index contributed by atoms with van der Waals surface area (Å²) in [5.41, 5.74) is -0.894. The van der Waals surface area contributed by atoms with Crippen LogP contribution in [0.2, 0.25) is 0 Å². The minimum Gasteiger partial charge on any atom is -0.406 e. The topological polar surface area (TPSA) is 81.5 Å². The highest BCUT2D eigenvalue weighted by Gasteiger charge is 2.32. The second-order valence-electron chi connectivity index (χ2n) is 3.17. The molecule has 6 nitrogen and oxygen atoms in total. The smallest absolute Gasteiger partial charge is 0.406 e. The molecule has 1 aromatic rings. The number of amides is 1. The number of ether oxygens (including phenoxy) is 1. The van der Waals surface area contributed by atoms with Gasteiger partial charge in [-0.3, -0.25) is 14.9 Å². The summed E-state index contributed by atoms with van der Waals surface area (Å²) < 4.78 is 39.3. The van der Waals surface area contributed by atoms with Crippen LogP contribution in [0.5, 0.6) is 5.75 Å². The van der Waals surface area contributed by atoms with E-state index in [4.69, 9.17) is 0 Å². The van der Waals surface area contributed by atoms with Gasteiger partial charge >= 0.3 is 6.36 Å². The van der Waals surface area contributed by atoms with E-state index >= 15 is 0 Å². The lowest BCUT2D eigenvalue weighted by atomic mass is 10.2. The molecule has 1 rings (SSSR count). The van der Waals surface area contributed by atoms with Gasteiger partial charge in [-0.2, -0.15) is 0 Å². The summed E-state index contributed by atoms with van der Waals surface area (Å²) in [7, 11) is 0. The molecule has 0 unspecified atom stereocenters. The Morgan fingerprint density at radius 3 is 2.50 bits per heavy atom. The third-order valence-electron chi connectivity index (χ3n) is 1.71. The predicted molar refractivity (Wildman–Crippen MR) is 54.1 cm³/mol. The molecule has 0 atom stereocenters. The largest absolute Gasteiger partial charge is 0.573 e. The number of rotatable bonds is 3. The van der Waals surface area contributed by atoms with Crippen LogP contribution in [0.4, 0.5) is 24.5 Å². The van der Waals surface area contributed by atoms with E-state index in [1.165, 1.54) is 0 Å². The summed E-state index contributed by atoms with van der Waals surface area (Å²) in [5.74, 6) is -1.31. The Hall–Kier alpha value is -2.32. The fraction of sp³-hybridized carbons (Fsp3) is 0.222. The Kier molecular flexibility index (Phi) is 3.74. The van der Waals surface area contributed by atoms with Crippen molar-refractivity contribution >= 4 is 17.3 Å². The number of nitrogens with one attached hydrogen (secondary N) is 1. The van der Waals surface area contributed by atoms with Crippen molar-refractivity contribution < 1.29 is 27.6 Å². The molecule has 1 amide bonds. The van der Waals surface area contributed by atoms with Crippen LogP contribution in [-0.4, -0.2) is 17.2 Å². The van der Waals surface area contributed by atoms with Crippen molar-refractivity contribution in [3.63, 3.8) is 0 Å². The van der Waals surface area contributed by atoms with Gasteiger partial charge in [-0.15, -0.1) is 13.2 Å². The average Bonchev–Trinajstić information content (AvgIpc) is 2.17. The summed E-state index contributed by atoms with van der Waals surface area (Å²) in [6.07, 6.45) is -4.94. The normalized spacial score (nSPS) is 10.9. The predicted octanol–water partition coefficient (Wildman–Crippen LogP) is 2.45. The van der Waals surface area contributed by atoms with Crippen LogP contribution in [-0.2, 0) is 4.79 Å². The second-order valence-corrected chi connectivity index (χ2v) is 3.17. The molecular formula is C9H7F3N2O4. The summed E-state index contributed by atoms with van der Waals surface area (Å²) in [4.78, 5) is 20.5. The fourth-order valence-electron chi connectivity index (χ4n) is 1.15. The van der Waals surface area contributed by atoms with Gasteiger partial charge in [0, 0.05) is 6.92 Å². The molecule has 0 bridgehead atoms. The molecule has 9 heteroatoms. The van der Waals surface area contributed by atoms with Crippen molar-refractivity contribution in [2.24, 2.45) is 0 Å². The van der Waals surface area contributed by atoms with Crippen molar-refractivity contribution in [2.45, 2.75) is 13.3 Å². The van der Waals surface area contributed by atoms with Gasteiger partial charge in [-0.05, 0) is 12.1 Å². The van der Waals surface area contributed by atoms with Gasteiger partial charge in [0.05, 0.1) is 11.0 Å². The molecule has 1 N–H and O–H groups in total. The van der Waals surface area contributed by atoms with E-state index in [-0.39, 0.29) is 5.69 Å². The first-order valence-electron chi connectivity index (χ1n) is 4.51. The Balaban J connectivity index is 3.11. The van der Waals surface area contributed by atoms with E-state index in [9.17, 15) is 28.1 Å². The van der Waals surface area contributed by atoms with E-state index in [1.807, 2.05) is 0 Å². The highest BCUT2D eigenvalue weighted by molar-refractivity contribution is 5.91. The monoisotopic (exact) mass is 264 g/mol. The molecule has 18 heavy (non-hydrogen) atoms. The number of nitro groups is 1. The van der Waals surface area contributed by atoms with E-state index in [0.717, 1.165) is 19.1 Å². The van der Waals surface area contributed by atoms with Crippen molar-refractivity contribution in [2.75, 3.05) is 5.32 Å². The number of alkyl halides is 3. The first-order chi connectivity index (χ1) is 8.19. The Morgan fingerprint density at radius 2 is 2.06 bits per heavy atom. The maximum Gasteiger partial charge on any atom is 0.573 e. The van der Waals surface area contributed by atoms with Crippen molar-refractivity contribution in [3.8, 4) is 5.75 Å². The zero-order valence-electron chi connectivity index (χ0n) is 8.95. The molecular weight excluding hydrogens is 257 g/mol. The molecule has 0 fully saturated rings. The second kappa shape index (κ2) is 4.90. The van der Waals surface area contributed by atoms with Gasteiger partial charge in [0.15, 0.2) is 0 Å². The van der Waals surface area contributed by atoms with E-state index in [1.54, 1.807) is 0 Å². The van der Waals surface area contributed by atoms with E-state index in [2.05, 4.69) is 10.1 Å². The molecule has 98 valence electrons. The quantitative estimate of drug-likeness (QED) is 0.671. The number of hydrogen-bond donors (Lipinski definition) is 1. The van der Waals surface area contributed by atoms with Crippen molar-refractivity contribution in [1.82, 2.24) is 0 Å². The van der Waals surface area contributed by atoms with Crippen LogP contribution in [0.1, 0.15) is 6.92 Å². The average molecular weight is 264 g/mol. The zero-order chi connectivity index (χ0) is 13.9. The minimum atomic E-state index is -4.94. The highest BCUT2D eigenvalue weighted by atomic mass is 19.4. The summed E-state index contributed by atoms with van der Waals surface area (Å²) in [5, 5.41) is 12.8. The molecule has 0 aliphatic heterocycles. The van der Waals surface area contributed by atoms with Crippen LogP contribution in [0.25, 0.3) is 0 Å². The molecule has 0 aromatic heterocycles. The van der Waals surface area contributed by atoms with Crippen LogP contribution >= 0.6 is 0 Å². The van der Waals surface area contributed by atoms with E-state index in [0.29, 0.717) is 6.07 Å². The third-order valence-corrected chi connectivity index (χ3v) is 1.71. The van der Waals surface area contributed by atoms with Crippen LogP contribution in [0.3, 0.4) is 0 Å². The highest BCUT2D eigenvalue weighted by Crippen LogP contribution is 2.31. The maximum atomic E-state index is 11.9. The summed E-state index contributed by atoms with van der Waals surface area (Å²) in [6.45, 7) is 1.11. The van der Waals surface area contributed by atoms with Gasteiger partial charge in [0.25, 0.3) is 5.69 Å². The van der Waals surface area contributed by atoms with Crippen LogP contribution in [0.15, 0.2) is 18.2 Å². The van der Waals surface area contributed by atoms with Gasteiger partial charge in [0.2, 0.25) is 5.91 Å². The van der Waals surface area contributed by atoms with Gasteiger partial charge < -0.3 is 10.1 Å². The molecule has 0 saturated heterocycles. The number of anilines is 1. The fourth-order valence-corrected chi connectivity index (χ4v) is 1.15. The van der Waals surface area contributed by atoms with E-state index < -0.39 is 28.6 Å². The number of nitrogens with zero attached hydrogens (tertiary/aromatic N) is 1. The molecule has 0 aliphatic carbocycles. The lowest BCUT2D eigenvalue weighted by Gasteiger charge is -2.10. The minimum absolute atomic E-state index is 0.206. The van der Waals surface area contributed by atoms with Crippen molar-refractivity contribution in [1.29, 1.82) is 0 Å². The summed E-state index contributed by atoms with van der Waals surface area (Å²) >= 11 is 0. The van der Waals surface area contributed by atoms with Gasteiger partial charge in [-0.25, -0.2) is 0 Å². The maximum absolute atomic E-state index is 11.9. The number of carbonyl (C=O) groups excluding carboxylic acids is 1. The Labute approximate surface area is 98.5 Å². The molecule has 0 aliphatic rings. The molecule has 0 radical (unpaired) electrons. The zero-order valence-corrected chi connectivity index (χ0v) is 8.95. The summed E-state index contributed by atoms with van der Waals surface area (Å²) in [6, 6.07) is 2.41. The Bertz CT molecular complexity index is 487. The van der Waals surface area contributed by atoms with Gasteiger partial charge in [-0.1, -0.05) is 0 Å². The first-order valence-corrected chi connectivity index (χ1v) is 4.51. The lowest BCUT2D eigenvalue weighted by molar-refractivity contribution is -0.384. The number of carbonyl (C=O) groups is 1. The van der Waals surface area contributed by atoms with Crippen LogP contribution in [0, 0.1) is 10.1 Å². The number of nitro benzene ring substituents is 1. The Morgan fingerprint density at radius 1 is 1.44 bits per heavy atom. The SMILES string of the molecule is CC(=O)Nc1ccc(OC(F)(F)F)cc1[N+](=O)[O-]. The molecule has 0 spiro atoms. The van der Waals surface area contributed by atoms with Crippen molar-refractivity contribution in [3.05, 3.63) is 28.3 Å². The standard InChI is InChI=1S/C9H7F3N2O4/c1-5(15)13-7-3-2-6(18-9(10,11)12)4-8(7)14(16)17/h2-4H,1H3,(H,13,15). The first kappa shape index (κ1) is 13.7. The number of hydrogen-bond acceptors (Lipinski definition) is 4. The number of benzene rings is 1. The molecule has 0 heterocycles. The molecule has 0 saturated carbocycles.